The van der Waals surface area contributed by atoms with E-state index in [4.69, 9.17) is 5.11 Å². The SMILES string of the molecule is CSC(CO)C(C)NC(=O)Nc1cc(F)cc(F)c1. The number of nitrogens with one attached hydrogen (secondary N) is 2. The van der Waals surface area contributed by atoms with E-state index in [1.807, 2.05) is 6.26 Å². The lowest BCUT2D eigenvalue weighted by molar-refractivity contribution is 0.243. The summed E-state index contributed by atoms with van der Waals surface area (Å²) >= 11 is 1.42. The Bertz CT molecular complexity index is 421. The molecule has 2 amide bonds. The summed E-state index contributed by atoms with van der Waals surface area (Å²) in [6.07, 6.45) is 1.82. The fourth-order valence-electron chi connectivity index (χ4n) is 1.53. The van der Waals surface area contributed by atoms with E-state index >= 15 is 0 Å². The molecule has 0 bridgehead atoms. The van der Waals surface area contributed by atoms with Crippen LogP contribution in [0.2, 0.25) is 0 Å². The first-order valence-electron chi connectivity index (χ1n) is 5.63. The van der Waals surface area contributed by atoms with Crippen molar-refractivity contribution in [3.8, 4) is 0 Å². The van der Waals surface area contributed by atoms with Crippen LogP contribution in [0.25, 0.3) is 0 Å². The third-order valence-electron chi connectivity index (χ3n) is 2.52. The summed E-state index contributed by atoms with van der Waals surface area (Å²) in [5.41, 5.74) is 0.0342. The number of carbonyl (C=O) groups excluding carboxylic acids is 1. The van der Waals surface area contributed by atoms with Gasteiger partial charge in [0.25, 0.3) is 0 Å². The van der Waals surface area contributed by atoms with E-state index in [0.717, 1.165) is 18.2 Å². The van der Waals surface area contributed by atoms with Gasteiger partial charge < -0.3 is 15.7 Å². The minimum absolute atomic E-state index is 0.0342. The van der Waals surface area contributed by atoms with Crippen LogP contribution in [0.5, 0.6) is 0 Å². The highest BCUT2D eigenvalue weighted by molar-refractivity contribution is 7.99. The number of hydrogen-bond donors (Lipinski definition) is 3. The molecule has 0 aliphatic heterocycles. The molecule has 4 nitrogen and oxygen atoms in total. The van der Waals surface area contributed by atoms with Crippen LogP contribution in [0.4, 0.5) is 19.3 Å². The van der Waals surface area contributed by atoms with Crippen molar-refractivity contribution in [1.82, 2.24) is 5.32 Å². The van der Waals surface area contributed by atoms with E-state index in [1.54, 1.807) is 6.92 Å². The van der Waals surface area contributed by atoms with Crippen LogP contribution < -0.4 is 10.6 Å². The third kappa shape index (κ3) is 5.04. The number of amides is 2. The van der Waals surface area contributed by atoms with Crippen molar-refractivity contribution < 1.29 is 18.7 Å². The molecule has 0 spiro atoms. The summed E-state index contributed by atoms with van der Waals surface area (Å²) in [5, 5.41) is 13.9. The number of benzene rings is 1. The normalized spacial score (nSPS) is 13.7. The maximum absolute atomic E-state index is 12.9. The topological polar surface area (TPSA) is 61.4 Å². The molecule has 1 rings (SSSR count). The zero-order valence-electron chi connectivity index (χ0n) is 10.6. The molecule has 0 heterocycles. The van der Waals surface area contributed by atoms with Crippen molar-refractivity contribution in [2.75, 3.05) is 18.2 Å². The summed E-state index contributed by atoms with van der Waals surface area (Å²) in [7, 11) is 0. The predicted octanol–water partition coefficient (Wildman–Crippen LogP) is 2.20. The van der Waals surface area contributed by atoms with Gasteiger partial charge in [-0.2, -0.15) is 11.8 Å². The summed E-state index contributed by atoms with van der Waals surface area (Å²) < 4.78 is 25.9. The molecule has 0 saturated heterocycles. The van der Waals surface area contributed by atoms with Crippen LogP contribution in [0, 0.1) is 11.6 Å². The number of halogens is 2. The molecule has 0 saturated carbocycles. The number of rotatable bonds is 5. The Morgan fingerprint density at radius 3 is 2.42 bits per heavy atom. The largest absolute Gasteiger partial charge is 0.395 e. The first-order valence-corrected chi connectivity index (χ1v) is 6.92. The van der Waals surface area contributed by atoms with Crippen molar-refractivity contribution in [2.24, 2.45) is 0 Å². The minimum atomic E-state index is -0.763. The molecule has 0 radical (unpaired) electrons. The fraction of sp³-hybridized carbons (Fsp3) is 0.417. The standard InChI is InChI=1S/C12H16F2N2O2S/c1-7(11(6-17)19-2)15-12(18)16-10-4-8(13)3-9(14)5-10/h3-5,7,11,17H,6H2,1-2H3,(H2,15,16,18). The van der Waals surface area contributed by atoms with Gasteiger partial charge in [-0.15, -0.1) is 0 Å². The van der Waals surface area contributed by atoms with E-state index in [1.165, 1.54) is 11.8 Å². The van der Waals surface area contributed by atoms with E-state index in [-0.39, 0.29) is 23.6 Å². The highest BCUT2D eigenvalue weighted by Crippen LogP contribution is 2.13. The summed E-state index contributed by atoms with van der Waals surface area (Å²) in [5.74, 6) is -1.53. The van der Waals surface area contributed by atoms with Gasteiger partial charge in [0.15, 0.2) is 0 Å². The third-order valence-corrected chi connectivity index (χ3v) is 3.68. The Morgan fingerprint density at radius 2 is 1.95 bits per heavy atom. The van der Waals surface area contributed by atoms with Crippen LogP contribution in [0.1, 0.15) is 6.92 Å². The zero-order chi connectivity index (χ0) is 14.4. The minimum Gasteiger partial charge on any atom is -0.395 e. The second-order valence-corrected chi connectivity index (χ2v) is 5.08. The maximum atomic E-state index is 12.9. The fourth-order valence-corrected chi connectivity index (χ4v) is 2.16. The predicted molar refractivity (Wildman–Crippen MR) is 72.4 cm³/mol. The number of urea groups is 1. The van der Waals surface area contributed by atoms with Gasteiger partial charge in [0.1, 0.15) is 11.6 Å². The Kier molecular flexibility index (Phi) is 6.04. The van der Waals surface area contributed by atoms with E-state index in [9.17, 15) is 13.6 Å². The van der Waals surface area contributed by atoms with Crippen LogP contribution in [-0.4, -0.2) is 35.3 Å². The zero-order valence-corrected chi connectivity index (χ0v) is 11.4. The van der Waals surface area contributed by atoms with Gasteiger partial charge in [-0.1, -0.05) is 0 Å². The molecular formula is C12H16F2N2O2S. The lowest BCUT2D eigenvalue weighted by atomic mass is 10.2. The molecule has 0 aromatic heterocycles. The molecule has 1 aromatic carbocycles. The Hall–Kier alpha value is -1.34. The summed E-state index contributed by atoms with van der Waals surface area (Å²) in [6, 6.07) is 1.90. The van der Waals surface area contributed by atoms with Crippen molar-refractivity contribution >= 4 is 23.5 Å². The van der Waals surface area contributed by atoms with Crippen LogP contribution in [0.15, 0.2) is 18.2 Å². The lowest BCUT2D eigenvalue weighted by Gasteiger charge is -2.21. The second-order valence-electron chi connectivity index (χ2n) is 4.00. The van der Waals surface area contributed by atoms with Crippen LogP contribution >= 0.6 is 11.8 Å². The van der Waals surface area contributed by atoms with Crippen molar-refractivity contribution in [1.29, 1.82) is 0 Å². The number of aliphatic hydroxyl groups is 1. The quantitative estimate of drug-likeness (QED) is 0.779. The summed E-state index contributed by atoms with van der Waals surface area (Å²) in [4.78, 5) is 11.6. The van der Waals surface area contributed by atoms with Gasteiger partial charge in [-0.25, -0.2) is 13.6 Å². The molecule has 2 atom stereocenters. The van der Waals surface area contributed by atoms with Gasteiger partial charge >= 0.3 is 6.03 Å². The summed E-state index contributed by atoms with van der Waals surface area (Å²) in [6.45, 7) is 1.67. The number of thioether (sulfide) groups is 1. The molecular weight excluding hydrogens is 274 g/mol. The monoisotopic (exact) mass is 290 g/mol. The van der Waals surface area contributed by atoms with Gasteiger partial charge in [0.05, 0.1) is 6.61 Å². The smallest absolute Gasteiger partial charge is 0.319 e. The van der Waals surface area contributed by atoms with Crippen molar-refractivity contribution in [3.63, 3.8) is 0 Å². The van der Waals surface area contributed by atoms with Crippen molar-refractivity contribution in [2.45, 2.75) is 18.2 Å². The molecule has 7 heteroatoms. The number of carbonyl (C=O) groups is 1. The molecule has 0 fully saturated rings. The molecule has 19 heavy (non-hydrogen) atoms. The first kappa shape index (κ1) is 15.7. The number of aliphatic hydroxyl groups excluding tert-OH is 1. The molecule has 0 aliphatic carbocycles. The van der Waals surface area contributed by atoms with E-state index in [0.29, 0.717) is 0 Å². The van der Waals surface area contributed by atoms with Gasteiger partial charge in [0.2, 0.25) is 0 Å². The average Bonchev–Trinajstić information content (AvgIpc) is 2.28. The first-order chi connectivity index (χ1) is 8.96. The number of anilines is 1. The Morgan fingerprint density at radius 1 is 1.37 bits per heavy atom. The Labute approximate surface area is 114 Å². The highest BCUT2D eigenvalue weighted by atomic mass is 32.2. The maximum Gasteiger partial charge on any atom is 0.319 e. The van der Waals surface area contributed by atoms with E-state index in [2.05, 4.69) is 10.6 Å². The average molecular weight is 290 g/mol. The lowest BCUT2D eigenvalue weighted by Crippen LogP contribution is -2.43. The molecule has 0 aliphatic rings. The van der Waals surface area contributed by atoms with Crippen LogP contribution in [0.3, 0.4) is 0 Å². The Balaban J connectivity index is 2.60. The van der Waals surface area contributed by atoms with E-state index < -0.39 is 17.7 Å². The van der Waals surface area contributed by atoms with Crippen molar-refractivity contribution in [3.05, 3.63) is 29.8 Å². The van der Waals surface area contributed by atoms with Gasteiger partial charge in [-0.05, 0) is 25.3 Å². The number of hydrogen-bond acceptors (Lipinski definition) is 3. The molecule has 3 N–H and O–H groups in total. The molecule has 2 unspecified atom stereocenters. The van der Waals surface area contributed by atoms with Crippen LogP contribution in [-0.2, 0) is 0 Å². The van der Waals surface area contributed by atoms with Gasteiger partial charge in [0, 0.05) is 23.0 Å². The second kappa shape index (κ2) is 7.30. The highest BCUT2D eigenvalue weighted by Gasteiger charge is 2.17. The molecule has 106 valence electrons. The molecule has 1 aromatic rings. The van der Waals surface area contributed by atoms with Gasteiger partial charge in [-0.3, -0.25) is 0 Å².